The molecule has 1 atom stereocenters. The Morgan fingerprint density at radius 3 is 2.45 bits per heavy atom. The van der Waals surface area contributed by atoms with Gasteiger partial charge in [0, 0.05) is 6.54 Å². The lowest BCUT2D eigenvalue weighted by atomic mass is 10.3. The molecule has 2 rings (SSSR count). The molecule has 1 unspecified atom stereocenters. The number of halogens is 2. The van der Waals surface area contributed by atoms with E-state index in [-0.39, 0.29) is 24.8 Å². The van der Waals surface area contributed by atoms with Crippen LogP contribution < -0.4 is 10.1 Å². The minimum absolute atomic E-state index is 0.0348. The topological polar surface area (TPSA) is 41.5 Å². The fourth-order valence-corrected chi connectivity index (χ4v) is 1.61. The van der Waals surface area contributed by atoms with E-state index in [4.69, 9.17) is 4.74 Å². The number of aliphatic hydroxyl groups is 1. The number of nitrogens with one attached hydrogen (secondary N) is 1. The third-order valence-electron chi connectivity index (χ3n) is 2.66. The van der Waals surface area contributed by atoms with Crippen molar-refractivity contribution in [1.29, 1.82) is 0 Å². The van der Waals surface area contributed by atoms with Crippen molar-refractivity contribution in [1.82, 2.24) is 0 Å². The van der Waals surface area contributed by atoms with Crippen molar-refractivity contribution >= 4 is 5.69 Å². The Morgan fingerprint density at radius 2 is 1.75 bits per heavy atom. The Morgan fingerprint density at radius 1 is 1.05 bits per heavy atom. The normalized spacial score (nSPS) is 11.9. The van der Waals surface area contributed by atoms with Crippen LogP contribution in [-0.4, -0.2) is 24.4 Å². The summed E-state index contributed by atoms with van der Waals surface area (Å²) >= 11 is 0. The zero-order chi connectivity index (χ0) is 14.4. The summed E-state index contributed by atoms with van der Waals surface area (Å²) in [7, 11) is 0. The smallest absolute Gasteiger partial charge is 0.146 e. The van der Waals surface area contributed by atoms with E-state index in [9.17, 15) is 13.9 Å². The van der Waals surface area contributed by atoms with Crippen LogP contribution in [0.4, 0.5) is 14.5 Å². The number of para-hydroxylation sites is 1. The zero-order valence-electron chi connectivity index (χ0n) is 10.7. The predicted octanol–water partition coefficient (Wildman–Crippen LogP) is 2.82. The highest BCUT2D eigenvalue weighted by Gasteiger charge is 2.07. The third-order valence-corrected chi connectivity index (χ3v) is 2.66. The number of hydrogen-bond acceptors (Lipinski definition) is 3. The summed E-state index contributed by atoms with van der Waals surface area (Å²) in [6.07, 6.45) is -0.806. The second-order valence-corrected chi connectivity index (χ2v) is 4.28. The van der Waals surface area contributed by atoms with Crippen LogP contribution in [0.1, 0.15) is 0 Å². The predicted molar refractivity (Wildman–Crippen MR) is 72.8 cm³/mol. The first kappa shape index (κ1) is 14.3. The quantitative estimate of drug-likeness (QED) is 0.854. The molecule has 0 aromatic heterocycles. The summed E-state index contributed by atoms with van der Waals surface area (Å²) in [5.74, 6) is -0.255. The van der Waals surface area contributed by atoms with E-state index in [1.807, 2.05) is 0 Å². The Balaban J connectivity index is 1.77. The van der Waals surface area contributed by atoms with Crippen LogP contribution in [0.3, 0.4) is 0 Å². The van der Waals surface area contributed by atoms with Gasteiger partial charge < -0.3 is 15.2 Å². The first-order chi connectivity index (χ1) is 9.65. The van der Waals surface area contributed by atoms with E-state index in [1.165, 1.54) is 30.3 Å². The first-order valence-electron chi connectivity index (χ1n) is 6.20. The summed E-state index contributed by atoms with van der Waals surface area (Å²) < 4.78 is 31.3. The molecule has 0 fully saturated rings. The van der Waals surface area contributed by atoms with Crippen LogP contribution in [0.15, 0.2) is 48.5 Å². The Kier molecular flexibility index (Phi) is 4.90. The maximum Gasteiger partial charge on any atom is 0.146 e. The number of ether oxygens (including phenoxy) is 1. The molecule has 2 aromatic carbocycles. The van der Waals surface area contributed by atoms with Crippen molar-refractivity contribution in [2.24, 2.45) is 0 Å². The third kappa shape index (κ3) is 4.20. The van der Waals surface area contributed by atoms with Gasteiger partial charge in [-0.1, -0.05) is 12.1 Å². The molecule has 0 spiro atoms. The average molecular weight is 279 g/mol. The lowest BCUT2D eigenvalue weighted by molar-refractivity contribution is 0.117. The molecule has 0 heterocycles. The van der Waals surface area contributed by atoms with Gasteiger partial charge >= 0.3 is 0 Å². The van der Waals surface area contributed by atoms with E-state index >= 15 is 0 Å². The second-order valence-electron chi connectivity index (χ2n) is 4.28. The molecule has 20 heavy (non-hydrogen) atoms. The highest BCUT2D eigenvalue weighted by atomic mass is 19.1. The molecule has 2 N–H and O–H groups in total. The molecule has 5 heteroatoms. The highest BCUT2D eigenvalue weighted by molar-refractivity contribution is 5.44. The summed E-state index contributed by atoms with van der Waals surface area (Å²) in [5, 5.41) is 12.5. The molecular formula is C15H15F2NO2. The van der Waals surface area contributed by atoms with E-state index < -0.39 is 6.10 Å². The van der Waals surface area contributed by atoms with Crippen LogP contribution >= 0.6 is 0 Å². The molecule has 0 saturated carbocycles. The van der Waals surface area contributed by atoms with Crippen LogP contribution in [0.5, 0.6) is 5.75 Å². The van der Waals surface area contributed by atoms with Gasteiger partial charge in [-0.25, -0.2) is 8.78 Å². The van der Waals surface area contributed by atoms with Crippen molar-refractivity contribution in [3.8, 4) is 5.75 Å². The Labute approximate surface area is 115 Å². The van der Waals surface area contributed by atoms with Gasteiger partial charge in [-0.2, -0.15) is 0 Å². The van der Waals surface area contributed by atoms with Crippen LogP contribution in [0.2, 0.25) is 0 Å². The number of aliphatic hydroxyl groups excluding tert-OH is 1. The lowest BCUT2D eigenvalue weighted by Gasteiger charge is -2.14. The standard InChI is InChI=1S/C15H15F2NO2/c16-11-5-7-13(8-6-11)20-10-12(19)9-18-15-4-2-1-3-14(15)17/h1-8,12,18-19H,9-10H2. The molecule has 106 valence electrons. The molecule has 0 amide bonds. The van der Waals surface area contributed by atoms with Gasteiger partial charge in [0.2, 0.25) is 0 Å². The summed E-state index contributed by atoms with van der Waals surface area (Å²) in [4.78, 5) is 0. The van der Waals surface area contributed by atoms with Crippen molar-refractivity contribution in [3.63, 3.8) is 0 Å². The van der Waals surface area contributed by atoms with Gasteiger partial charge in [0.15, 0.2) is 0 Å². The number of rotatable bonds is 6. The minimum Gasteiger partial charge on any atom is -0.491 e. The molecule has 3 nitrogen and oxygen atoms in total. The fourth-order valence-electron chi connectivity index (χ4n) is 1.61. The molecule has 0 aliphatic heterocycles. The zero-order valence-corrected chi connectivity index (χ0v) is 10.7. The fraction of sp³-hybridized carbons (Fsp3) is 0.200. The van der Waals surface area contributed by atoms with E-state index in [1.54, 1.807) is 18.2 Å². The van der Waals surface area contributed by atoms with Crippen LogP contribution in [0.25, 0.3) is 0 Å². The number of hydrogen-bond donors (Lipinski definition) is 2. The largest absolute Gasteiger partial charge is 0.491 e. The number of anilines is 1. The van der Waals surface area contributed by atoms with Gasteiger partial charge in [0.05, 0.1) is 5.69 Å². The Bertz CT molecular complexity index is 546. The molecule has 0 saturated heterocycles. The molecule has 0 aliphatic rings. The van der Waals surface area contributed by atoms with Crippen molar-refractivity contribution < 1.29 is 18.6 Å². The molecule has 0 aliphatic carbocycles. The maximum atomic E-state index is 13.3. The van der Waals surface area contributed by atoms with Gasteiger partial charge in [0.1, 0.15) is 30.1 Å². The highest BCUT2D eigenvalue weighted by Crippen LogP contribution is 2.13. The minimum atomic E-state index is -0.806. The Hall–Kier alpha value is -2.14. The number of benzene rings is 2. The van der Waals surface area contributed by atoms with Gasteiger partial charge in [-0.15, -0.1) is 0 Å². The van der Waals surface area contributed by atoms with Crippen molar-refractivity contribution in [2.45, 2.75) is 6.10 Å². The van der Waals surface area contributed by atoms with E-state index in [0.29, 0.717) is 11.4 Å². The summed E-state index contributed by atoms with van der Waals surface area (Å²) in [6, 6.07) is 11.7. The molecule has 0 radical (unpaired) electrons. The average Bonchev–Trinajstić information content (AvgIpc) is 2.46. The van der Waals surface area contributed by atoms with Crippen LogP contribution in [0, 0.1) is 11.6 Å². The van der Waals surface area contributed by atoms with Crippen LogP contribution in [-0.2, 0) is 0 Å². The lowest BCUT2D eigenvalue weighted by Crippen LogP contribution is -2.26. The maximum absolute atomic E-state index is 13.3. The van der Waals surface area contributed by atoms with Crippen molar-refractivity contribution in [3.05, 3.63) is 60.2 Å². The molecule has 0 bridgehead atoms. The van der Waals surface area contributed by atoms with Crippen molar-refractivity contribution in [2.75, 3.05) is 18.5 Å². The van der Waals surface area contributed by atoms with E-state index in [0.717, 1.165) is 0 Å². The molecule has 2 aromatic rings. The van der Waals surface area contributed by atoms with E-state index in [2.05, 4.69) is 5.32 Å². The summed E-state index contributed by atoms with van der Waals surface area (Å²) in [5.41, 5.74) is 0.327. The van der Waals surface area contributed by atoms with Gasteiger partial charge in [-0.3, -0.25) is 0 Å². The SMILES string of the molecule is OC(CNc1ccccc1F)COc1ccc(F)cc1. The summed E-state index contributed by atoms with van der Waals surface area (Å²) in [6.45, 7) is 0.190. The first-order valence-corrected chi connectivity index (χ1v) is 6.20. The van der Waals surface area contributed by atoms with Gasteiger partial charge in [0.25, 0.3) is 0 Å². The second kappa shape index (κ2) is 6.86. The monoisotopic (exact) mass is 279 g/mol. The van der Waals surface area contributed by atoms with Gasteiger partial charge in [-0.05, 0) is 36.4 Å². The molecular weight excluding hydrogens is 264 g/mol.